The highest BCUT2D eigenvalue weighted by Gasteiger charge is 2.26. The molecule has 0 unspecified atom stereocenters. The highest BCUT2D eigenvalue weighted by molar-refractivity contribution is 5.94. The zero-order valence-corrected chi connectivity index (χ0v) is 20.0. The number of hydrogen-bond acceptors (Lipinski definition) is 5. The van der Waals surface area contributed by atoms with E-state index in [1.807, 2.05) is 81.7 Å². The molecule has 35 heavy (non-hydrogen) atoms. The number of aromatic amines is 2. The van der Waals surface area contributed by atoms with Crippen molar-refractivity contribution in [2.24, 2.45) is 5.16 Å². The Morgan fingerprint density at radius 3 is 2.49 bits per heavy atom. The standard InChI is InChI=1S/C16H20N2O3.C11H8N2O/c1-16(2,3)21-15(19)18-8-9-20-14-5-4-13-11(6-7-17-13)12(14)10-18;1-2-9-8-5-7-12-10(8)3-4-11(9)14-13-6-1/h4-7,17H,8-10H2,1-3H3;1-7,12H. The summed E-state index contributed by atoms with van der Waals surface area (Å²) in [7, 11) is 0. The number of carbonyl (C=O) groups excluding carboxylic acids is 1. The van der Waals surface area contributed by atoms with Crippen molar-refractivity contribution in [2.75, 3.05) is 13.2 Å². The van der Waals surface area contributed by atoms with Gasteiger partial charge < -0.3 is 29.2 Å². The summed E-state index contributed by atoms with van der Waals surface area (Å²) in [5, 5.41) is 6.02. The van der Waals surface area contributed by atoms with E-state index in [0.717, 1.165) is 44.4 Å². The third kappa shape index (κ3) is 4.87. The Kier molecular flexibility index (Phi) is 5.94. The SMILES string of the molecule is C1=Cc2c(ccc3[nH]ccc23)ON=C1.CC(C)(C)OC(=O)N1CCOc2ccc3[nH]ccc3c2C1. The van der Waals surface area contributed by atoms with Crippen molar-refractivity contribution in [2.45, 2.75) is 32.9 Å². The van der Waals surface area contributed by atoms with Gasteiger partial charge in [0.1, 0.15) is 18.0 Å². The number of allylic oxidation sites excluding steroid dienone is 1. The first kappa shape index (κ1) is 22.6. The van der Waals surface area contributed by atoms with Crippen molar-refractivity contribution in [1.29, 1.82) is 0 Å². The minimum Gasteiger partial charge on any atom is -0.491 e. The first-order valence-electron chi connectivity index (χ1n) is 11.6. The monoisotopic (exact) mass is 472 g/mol. The summed E-state index contributed by atoms with van der Waals surface area (Å²) in [6.07, 6.45) is 9.03. The Morgan fingerprint density at radius 1 is 1.00 bits per heavy atom. The quantitative estimate of drug-likeness (QED) is 0.335. The summed E-state index contributed by atoms with van der Waals surface area (Å²) in [5.74, 6) is 1.63. The Bertz CT molecular complexity index is 1420. The van der Waals surface area contributed by atoms with E-state index >= 15 is 0 Å². The minimum atomic E-state index is -0.493. The largest absolute Gasteiger partial charge is 0.491 e. The Balaban J connectivity index is 0.000000156. The third-order valence-corrected chi connectivity index (χ3v) is 5.72. The van der Waals surface area contributed by atoms with E-state index in [4.69, 9.17) is 14.3 Å². The van der Waals surface area contributed by atoms with Crippen LogP contribution < -0.4 is 9.57 Å². The molecule has 2 aliphatic heterocycles. The second-order valence-corrected chi connectivity index (χ2v) is 9.35. The molecule has 180 valence electrons. The van der Waals surface area contributed by atoms with Crippen LogP contribution in [0.1, 0.15) is 31.9 Å². The van der Waals surface area contributed by atoms with Crippen LogP contribution >= 0.6 is 0 Å². The van der Waals surface area contributed by atoms with Gasteiger partial charge in [0.15, 0.2) is 5.75 Å². The first-order valence-corrected chi connectivity index (χ1v) is 11.6. The molecule has 6 rings (SSSR count). The van der Waals surface area contributed by atoms with Crippen LogP contribution in [0.5, 0.6) is 11.5 Å². The van der Waals surface area contributed by atoms with Gasteiger partial charge in [-0.3, -0.25) is 0 Å². The number of nitrogens with zero attached hydrogens (tertiary/aromatic N) is 2. The molecule has 4 heterocycles. The number of nitrogens with one attached hydrogen (secondary N) is 2. The summed E-state index contributed by atoms with van der Waals surface area (Å²) < 4.78 is 11.2. The number of carbonyl (C=O) groups is 1. The number of benzene rings is 2. The Morgan fingerprint density at radius 2 is 1.71 bits per heavy atom. The molecule has 8 nitrogen and oxygen atoms in total. The van der Waals surface area contributed by atoms with E-state index in [2.05, 4.69) is 15.1 Å². The van der Waals surface area contributed by atoms with Crippen LogP contribution in [0.2, 0.25) is 0 Å². The van der Waals surface area contributed by atoms with Crippen LogP contribution in [0.4, 0.5) is 4.79 Å². The maximum Gasteiger partial charge on any atom is 0.410 e. The first-order chi connectivity index (χ1) is 16.9. The molecule has 2 aromatic carbocycles. The second kappa shape index (κ2) is 9.21. The van der Waals surface area contributed by atoms with Crippen LogP contribution in [0, 0.1) is 0 Å². The Labute approximate surface area is 203 Å². The van der Waals surface area contributed by atoms with Crippen molar-refractivity contribution >= 4 is 40.2 Å². The number of aromatic nitrogens is 2. The van der Waals surface area contributed by atoms with Crippen LogP contribution in [-0.2, 0) is 11.3 Å². The van der Waals surface area contributed by atoms with E-state index in [0.29, 0.717) is 19.7 Å². The van der Waals surface area contributed by atoms with Crippen molar-refractivity contribution in [3.8, 4) is 11.5 Å². The summed E-state index contributed by atoms with van der Waals surface area (Å²) in [5.41, 5.74) is 3.76. The van der Waals surface area contributed by atoms with Crippen molar-refractivity contribution in [3.05, 3.63) is 66.0 Å². The van der Waals surface area contributed by atoms with Gasteiger partial charge in [-0.1, -0.05) is 5.16 Å². The zero-order chi connectivity index (χ0) is 24.4. The third-order valence-electron chi connectivity index (χ3n) is 5.72. The molecule has 4 aromatic rings. The van der Waals surface area contributed by atoms with E-state index in [1.54, 1.807) is 11.1 Å². The number of H-pyrrole nitrogens is 2. The summed E-state index contributed by atoms with van der Waals surface area (Å²) in [6, 6.07) is 11.9. The molecule has 0 spiro atoms. The maximum absolute atomic E-state index is 12.3. The van der Waals surface area contributed by atoms with Gasteiger partial charge in [-0.25, -0.2) is 4.79 Å². The topological polar surface area (TPSA) is 91.9 Å². The van der Waals surface area contributed by atoms with Crippen molar-refractivity contribution in [1.82, 2.24) is 14.9 Å². The van der Waals surface area contributed by atoms with Crippen molar-refractivity contribution in [3.63, 3.8) is 0 Å². The molecule has 0 bridgehead atoms. The lowest BCUT2D eigenvalue weighted by Gasteiger charge is -2.26. The van der Waals surface area contributed by atoms with Crippen molar-refractivity contribution < 1.29 is 19.1 Å². The van der Waals surface area contributed by atoms with E-state index in [1.165, 1.54) is 0 Å². The fourth-order valence-corrected chi connectivity index (χ4v) is 4.14. The molecule has 0 radical (unpaired) electrons. The van der Waals surface area contributed by atoms with Gasteiger partial charge in [0, 0.05) is 45.3 Å². The van der Waals surface area contributed by atoms with Crippen LogP contribution in [-0.4, -0.2) is 45.9 Å². The number of ether oxygens (including phenoxy) is 2. The number of hydrogen-bond donors (Lipinski definition) is 2. The lowest BCUT2D eigenvalue weighted by molar-refractivity contribution is 0.0226. The lowest BCUT2D eigenvalue weighted by atomic mass is 10.1. The molecule has 2 aliphatic rings. The number of oxime groups is 1. The predicted octanol–water partition coefficient (Wildman–Crippen LogP) is 5.86. The fourth-order valence-electron chi connectivity index (χ4n) is 4.14. The molecule has 0 aliphatic carbocycles. The highest BCUT2D eigenvalue weighted by Crippen LogP contribution is 2.31. The molecular formula is C27H28N4O4. The highest BCUT2D eigenvalue weighted by atomic mass is 16.6. The molecule has 0 fully saturated rings. The second-order valence-electron chi connectivity index (χ2n) is 9.35. The van der Waals surface area contributed by atoms with Crippen LogP contribution in [0.25, 0.3) is 27.9 Å². The normalized spacial score (nSPS) is 14.7. The van der Waals surface area contributed by atoms with Crippen LogP contribution in [0.15, 0.2) is 60.0 Å². The number of rotatable bonds is 0. The van der Waals surface area contributed by atoms with Gasteiger partial charge in [-0.2, -0.15) is 0 Å². The molecule has 8 heteroatoms. The number of amides is 1. The summed E-state index contributed by atoms with van der Waals surface area (Å²) in [6.45, 7) is 7.11. The average Bonchev–Trinajstić information content (AvgIpc) is 3.36. The molecule has 2 aromatic heterocycles. The van der Waals surface area contributed by atoms with Gasteiger partial charge in [0.05, 0.1) is 19.3 Å². The molecule has 1 amide bonds. The smallest absolute Gasteiger partial charge is 0.410 e. The van der Waals surface area contributed by atoms with Crippen LogP contribution in [0.3, 0.4) is 0 Å². The maximum atomic E-state index is 12.3. The predicted molar refractivity (Wildman–Crippen MR) is 137 cm³/mol. The van der Waals surface area contributed by atoms with Gasteiger partial charge in [0.25, 0.3) is 0 Å². The number of fused-ring (bicyclic) bond motifs is 6. The summed E-state index contributed by atoms with van der Waals surface area (Å²) >= 11 is 0. The minimum absolute atomic E-state index is 0.300. The van der Waals surface area contributed by atoms with Gasteiger partial charge in [-0.15, -0.1) is 0 Å². The van der Waals surface area contributed by atoms with E-state index < -0.39 is 5.60 Å². The Hall–Kier alpha value is -4.20. The van der Waals surface area contributed by atoms with E-state index in [-0.39, 0.29) is 6.09 Å². The molecular weight excluding hydrogens is 444 g/mol. The van der Waals surface area contributed by atoms with Gasteiger partial charge in [-0.05, 0) is 69.3 Å². The molecule has 0 saturated carbocycles. The molecule has 2 N–H and O–H groups in total. The molecule has 0 saturated heterocycles. The summed E-state index contributed by atoms with van der Waals surface area (Å²) in [4.78, 5) is 25.5. The zero-order valence-electron chi connectivity index (χ0n) is 20.0. The molecule has 0 atom stereocenters. The van der Waals surface area contributed by atoms with Gasteiger partial charge >= 0.3 is 6.09 Å². The van der Waals surface area contributed by atoms with E-state index in [9.17, 15) is 4.79 Å². The lowest BCUT2D eigenvalue weighted by Crippen LogP contribution is -2.37. The van der Waals surface area contributed by atoms with Gasteiger partial charge in [0.2, 0.25) is 0 Å². The average molecular weight is 473 g/mol. The fraction of sp³-hybridized carbons (Fsp3) is 0.259.